The van der Waals surface area contributed by atoms with Crippen molar-refractivity contribution in [3.05, 3.63) is 29.8 Å². The van der Waals surface area contributed by atoms with Crippen LogP contribution in [0.5, 0.6) is 0 Å². The number of nitrogens with zero attached hydrogens (tertiary/aromatic N) is 3. The van der Waals surface area contributed by atoms with Gasteiger partial charge in [0.2, 0.25) is 5.91 Å². The van der Waals surface area contributed by atoms with E-state index in [9.17, 15) is 4.79 Å². The van der Waals surface area contributed by atoms with Crippen LogP contribution in [0.15, 0.2) is 24.3 Å². The molecular weight excluding hydrogens is 334 g/mol. The first-order valence-corrected chi connectivity index (χ1v) is 11.0. The van der Waals surface area contributed by atoms with Crippen molar-refractivity contribution >= 4 is 11.6 Å². The standard InChI is InChI=1S/C23H35N3O/c1-18-7-12-25(13-8-18)23(27)19(2)24-14-9-20(10-15-24)17-26-16-11-21-5-3-4-6-22(21)26/h3-6,18-20H,7-17H2,1-2H3. The highest BCUT2D eigenvalue weighted by molar-refractivity contribution is 5.81. The summed E-state index contributed by atoms with van der Waals surface area (Å²) in [4.78, 5) is 20.0. The first-order chi connectivity index (χ1) is 13.1. The van der Waals surface area contributed by atoms with E-state index in [2.05, 4.69) is 52.8 Å². The number of piperidine rings is 2. The smallest absolute Gasteiger partial charge is 0.239 e. The Hall–Kier alpha value is -1.55. The SMILES string of the molecule is CC1CCN(C(=O)C(C)N2CCC(CN3CCc4ccccc43)CC2)CC1. The minimum absolute atomic E-state index is 0.0480. The van der Waals surface area contributed by atoms with Crippen molar-refractivity contribution in [3.63, 3.8) is 0 Å². The van der Waals surface area contributed by atoms with Crippen molar-refractivity contribution in [2.75, 3.05) is 44.2 Å². The third-order valence-electron chi connectivity index (χ3n) is 7.11. The third kappa shape index (κ3) is 4.16. The Morgan fingerprint density at radius 2 is 1.74 bits per heavy atom. The lowest BCUT2D eigenvalue weighted by Gasteiger charge is -2.39. The zero-order chi connectivity index (χ0) is 18.8. The van der Waals surface area contributed by atoms with Gasteiger partial charge in [0.1, 0.15) is 0 Å². The maximum Gasteiger partial charge on any atom is 0.239 e. The van der Waals surface area contributed by atoms with Gasteiger partial charge < -0.3 is 9.80 Å². The first kappa shape index (κ1) is 18.8. The van der Waals surface area contributed by atoms with Crippen LogP contribution in [-0.2, 0) is 11.2 Å². The van der Waals surface area contributed by atoms with Crippen LogP contribution in [0, 0.1) is 11.8 Å². The van der Waals surface area contributed by atoms with Crippen LogP contribution in [0.1, 0.15) is 45.1 Å². The predicted octanol–water partition coefficient (Wildman–Crippen LogP) is 3.41. The Morgan fingerprint density at radius 1 is 1.04 bits per heavy atom. The minimum atomic E-state index is 0.0480. The molecule has 27 heavy (non-hydrogen) atoms. The van der Waals surface area contributed by atoms with Gasteiger partial charge in [0, 0.05) is 31.9 Å². The van der Waals surface area contributed by atoms with Crippen LogP contribution in [0.4, 0.5) is 5.69 Å². The van der Waals surface area contributed by atoms with Crippen LogP contribution in [-0.4, -0.2) is 61.0 Å². The minimum Gasteiger partial charge on any atom is -0.371 e. The van der Waals surface area contributed by atoms with Crippen molar-refractivity contribution in [2.24, 2.45) is 11.8 Å². The third-order valence-corrected chi connectivity index (χ3v) is 7.11. The highest BCUT2D eigenvalue weighted by Crippen LogP contribution is 2.30. The van der Waals surface area contributed by atoms with E-state index in [1.807, 2.05) is 0 Å². The molecule has 4 heteroatoms. The number of likely N-dealkylation sites (tertiary alicyclic amines) is 2. The maximum absolute atomic E-state index is 12.9. The second-order valence-corrected chi connectivity index (χ2v) is 8.99. The van der Waals surface area contributed by atoms with E-state index in [0.717, 1.165) is 50.9 Å². The van der Waals surface area contributed by atoms with Gasteiger partial charge in [-0.1, -0.05) is 25.1 Å². The number of para-hydroxylation sites is 1. The molecule has 3 aliphatic heterocycles. The second kappa shape index (κ2) is 8.22. The van der Waals surface area contributed by atoms with Crippen LogP contribution < -0.4 is 4.90 Å². The lowest BCUT2D eigenvalue weighted by Crippen LogP contribution is -2.51. The molecule has 3 aliphatic rings. The van der Waals surface area contributed by atoms with E-state index in [1.54, 1.807) is 0 Å². The number of fused-ring (bicyclic) bond motifs is 1. The van der Waals surface area contributed by atoms with Crippen LogP contribution >= 0.6 is 0 Å². The van der Waals surface area contributed by atoms with Crippen LogP contribution in [0.3, 0.4) is 0 Å². The molecule has 1 atom stereocenters. The molecule has 2 saturated heterocycles. The fourth-order valence-electron chi connectivity index (χ4n) is 5.08. The second-order valence-electron chi connectivity index (χ2n) is 8.99. The van der Waals surface area contributed by atoms with E-state index in [-0.39, 0.29) is 6.04 Å². The molecule has 2 fully saturated rings. The highest BCUT2D eigenvalue weighted by atomic mass is 16.2. The number of benzene rings is 1. The number of hydrogen-bond acceptors (Lipinski definition) is 3. The molecule has 0 N–H and O–H groups in total. The van der Waals surface area contributed by atoms with E-state index < -0.39 is 0 Å². The maximum atomic E-state index is 12.9. The monoisotopic (exact) mass is 369 g/mol. The van der Waals surface area contributed by atoms with Gasteiger partial charge in [-0.2, -0.15) is 0 Å². The molecule has 0 aliphatic carbocycles. The van der Waals surface area contributed by atoms with Crippen molar-refractivity contribution in [1.82, 2.24) is 9.80 Å². The highest BCUT2D eigenvalue weighted by Gasteiger charge is 2.31. The number of amides is 1. The normalized spacial score (nSPS) is 23.5. The van der Waals surface area contributed by atoms with Crippen LogP contribution in [0.25, 0.3) is 0 Å². The Bertz CT molecular complexity index is 645. The summed E-state index contributed by atoms with van der Waals surface area (Å²) >= 11 is 0. The van der Waals surface area contributed by atoms with Gasteiger partial charge in [-0.05, 0) is 75.6 Å². The molecule has 0 spiro atoms. The summed E-state index contributed by atoms with van der Waals surface area (Å²) in [5.74, 6) is 1.88. The average molecular weight is 370 g/mol. The molecule has 0 radical (unpaired) electrons. The molecule has 4 rings (SSSR count). The molecule has 0 aromatic heterocycles. The van der Waals surface area contributed by atoms with Gasteiger partial charge in [0.25, 0.3) is 0 Å². The van der Waals surface area contributed by atoms with Gasteiger partial charge in [-0.3, -0.25) is 9.69 Å². The van der Waals surface area contributed by atoms with Gasteiger partial charge >= 0.3 is 0 Å². The summed E-state index contributed by atoms with van der Waals surface area (Å²) in [5, 5.41) is 0. The number of hydrogen-bond donors (Lipinski definition) is 0. The molecule has 148 valence electrons. The lowest BCUT2D eigenvalue weighted by molar-refractivity contribution is -0.138. The molecule has 0 bridgehead atoms. The molecule has 1 aromatic rings. The van der Waals surface area contributed by atoms with Crippen LogP contribution in [0.2, 0.25) is 0 Å². The van der Waals surface area contributed by atoms with Crippen molar-refractivity contribution in [3.8, 4) is 0 Å². The van der Waals surface area contributed by atoms with Crippen molar-refractivity contribution in [1.29, 1.82) is 0 Å². The van der Waals surface area contributed by atoms with Gasteiger partial charge in [-0.15, -0.1) is 0 Å². The molecule has 1 unspecified atom stereocenters. The number of rotatable bonds is 4. The fourth-order valence-corrected chi connectivity index (χ4v) is 5.08. The molecular formula is C23H35N3O. The Kier molecular flexibility index (Phi) is 5.72. The summed E-state index contributed by atoms with van der Waals surface area (Å²) in [5.41, 5.74) is 2.95. The Balaban J connectivity index is 1.26. The zero-order valence-corrected chi connectivity index (χ0v) is 17.1. The predicted molar refractivity (Wildman–Crippen MR) is 111 cm³/mol. The topological polar surface area (TPSA) is 26.8 Å². The summed E-state index contributed by atoms with van der Waals surface area (Å²) in [7, 11) is 0. The summed E-state index contributed by atoms with van der Waals surface area (Å²) in [6.07, 6.45) is 5.95. The number of anilines is 1. The molecule has 0 saturated carbocycles. The molecule has 1 amide bonds. The van der Waals surface area contributed by atoms with E-state index >= 15 is 0 Å². The lowest BCUT2D eigenvalue weighted by atomic mass is 9.94. The van der Waals surface area contributed by atoms with E-state index in [1.165, 1.54) is 43.6 Å². The Morgan fingerprint density at radius 3 is 2.48 bits per heavy atom. The van der Waals surface area contributed by atoms with Crippen molar-refractivity contribution in [2.45, 2.75) is 52.0 Å². The van der Waals surface area contributed by atoms with Gasteiger partial charge in [-0.25, -0.2) is 0 Å². The zero-order valence-electron chi connectivity index (χ0n) is 17.1. The van der Waals surface area contributed by atoms with Crippen molar-refractivity contribution < 1.29 is 4.79 Å². The van der Waals surface area contributed by atoms with Gasteiger partial charge in [0.15, 0.2) is 0 Å². The summed E-state index contributed by atoms with van der Waals surface area (Å²) in [6.45, 7) is 10.8. The van der Waals surface area contributed by atoms with E-state index in [0.29, 0.717) is 5.91 Å². The largest absolute Gasteiger partial charge is 0.371 e. The van der Waals surface area contributed by atoms with Gasteiger partial charge in [0.05, 0.1) is 6.04 Å². The molecule has 3 heterocycles. The number of carbonyl (C=O) groups is 1. The van der Waals surface area contributed by atoms with E-state index in [4.69, 9.17) is 0 Å². The summed E-state index contributed by atoms with van der Waals surface area (Å²) in [6, 6.07) is 8.91. The average Bonchev–Trinajstić information content (AvgIpc) is 3.11. The summed E-state index contributed by atoms with van der Waals surface area (Å²) < 4.78 is 0. The fraction of sp³-hybridized carbons (Fsp3) is 0.696. The quantitative estimate of drug-likeness (QED) is 0.814. The molecule has 1 aromatic carbocycles. The Labute approximate surface area is 164 Å². The number of carbonyl (C=O) groups excluding carboxylic acids is 1. The first-order valence-electron chi connectivity index (χ1n) is 11.0. The molecule has 4 nitrogen and oxygen atoms in total.